The first-order valence-corrected chi connectivity index (χ1v) is 7.45. The Morgan fingerprint density at radius 2 is 2.11 bits per heavy atom. The van der Waals surface area contributed by atoms with Crippen molar-refractivity contribution in [1.82, 2.24) is 5.32 Å². The van der Waals surface area contributed by atoms with Crippen molar-refractivity contribution in [2.45, 2.75) is 38.1 Å². The van der Waals surface area contributed by atoms with Crippen LogP contribution in [0, 0.1) is 0 Å². The van der Waals surface area contributed by atoms with E-state index in [0.717, 1.165) is 49.5 Å². The minimum absolute atomic E-state index is 0.265. The molecule has 2 heterocycles. The second kappa shape index (κ2) is 5.51. The van der Waals surface area contributed by atoms with Crippen LogP contribution in [0.1, 0.15) is 31.2 Å². The van der Waals surface area contributed by atoms with E-state index in [0.29, 0.717) is 12.5 Å². The van der Waals surface area contributed by atoms with Gasteiger partial charge in [-0.3, -0.25) is 4.79 Å². The van der Waals surface area contributed by atoms with Gasteiger partial charge in [0.15, 0.2) is 0 Å². The Hall–Kier alpha value is -1.06. The van der Waals surface area contributed by atoms with Gasteiger partial charge in [-0.25, -0.2) is 0 Å². The van der Waals surface area contributed by atoms with Gasteiger partial charge >= 0.3 is 0 Å². The first-order valence-electron chi connectivity index (χ1n) is 7.07. The molecule has 0 spiro atoms. The highest BCUT2D eigenvalue weighted by molar-refractivity contribution is 6.30. The number of amides is 1. The molecule has 3 nitrogen and oxygen atoms in total. The Bertz CT molecular complexity index is 481. The molecule has 3 rings (SSSR count). The van der Waals surface area contributed by atoms with E-state index in [4.69, 9.17) is 11.6 Å². The van der Waals surface area contributed by atoms with Gasteiger partial charge in [-0.1, -0.05) is 11.6 Å². The fraction of sp³-hybridized carbons (Fsp3) is 0.533. The van der Waals surface area contributed by atoms with Crippen molar-refractivity contribution in [3.63, 3.8) is 0 Å². The number of anilines is 1. The Balaban J connectivity index is 1.93. The Labute approximate surface area is 118 Å². The second-order valence-electron chi connectivity index (χ2n) is 5.37. The van der Waals surface area contributed by atoms with E-state index in [1.807, 2.05) is 23.1 Å². The number of halogens is 1. The average Bonchev–Trinajstić information content (AvgIpc) is 2.68. The number of hydrogen-bond donors (Lipinski definition) is 1. The third-order valence-electron chi connectivity index (χ3n) is 4.09. The highest BCUT2D eigenvalue weighted by atomic mass is 35.5. The summed E-state index contributed by atoms with van der Waals surface area (Å²) in [5, 5.41) is 4.16. The number of benzene rings is 1. The number of carbonyl (C=O) groups excluding carboxylic acids is 1. The van der Waals surface area contributed by atoms with E-state index >= 15 is 0 Å². The Morgan fingerprint density at radius 3 is 3.00 bits per heavy atom. The first kappa shape index (κ1) is 12.9. The van der Waals surface area contributed by atoms with Gasteiger partial charge in [0.05, 0.1) is 0 Å². The molecular weight excluding hydrogens is 260 g/mol. The summed E-state index contributed by atoms with van der Waals surface area (Å²) in [7, 11) is 0. The van der Waals surface area contributed by atoms with Gasteiger partial charge in [0.25, 0.3) is 0 Å². The number of nitrogens with one attached hydrogen (secondary N) is 1. The van der Waals surface area contributed by atoms with Gasteiger partial charge in [0.1, 0.15) is 0 Å². The van der Waals surface area contributed by atoms with E-state index in [2.05, 4.69) is 5.32 Å². The molecule has 2 aliphatic rings. The monoisotopic (exact) mass is 278 g/mol. The molecule has 0 aliphatic carbocycles. The van der Waals surface area contributed by atoms with Crippen molar-refractivity contribution >= 4 is 23.2 Å². The topological polar surface area (TPSA) is 32.3 Å². The summed E-state index contributed by atoms with van der Waals surface area (Å²) in [6, 6.07) is 6.24. The minimum Gasteiger partial charge on any atom is -0.317 e. The van der Waals surface area contributed by atoms with Crippen LogP contribution >= 0.6 is 11.6 Å². The highest BCUT2D eigenvalue weighted by Gasteiger charge is 2.30. The fourth-order valence-corrected chi connectivity index (χ4v) is 3.34. The third-order valence-corrected chi connectivity index (χ3v) is 4.32. The lowest BCUT2D eigenvalue weighted by molar-refractivity contribution is -0.119. The summed E-state index contributed by atoms with van der Waals surface area (Å²) < 4.78 is 0. The molecule has 0 radical (unpaired) electrons. The molecule has 19 heavy (non-hydrogen) atoms. The highest BCUT2D eigenvalue weighted by Crippen LogP contribution is 2.33. The first-order chi connectivity index (χ1) is 9.25. The van der Waals surface area contributed by atoms with Crippen LogP contribution in [0.15, 0.2) is 18.2 Å². The van der Waals surface area contributed by atoms with Crippen molar-refractivity contribution in [3.05, 3.63) is 28.8 Å². The van der Waals surface area contributed by atoms with Gasteiger partial charge < -0.3 is 10.2 Å². The van der Waals surface area contributed by atoms with E-state index in [-0.39, 0.29) is 5.91 Å². The zero-order valence-corrected chi connectivity index (χ0v) is 11.7. The van der Waals surface area contributed by atoms with Crippen LogP contribution in [0.4, 0.5) is 5.69 Å². The molecule has 1 aromatic carbocycles. The summed E-state index contributed by atoms with van der Waals surface area (Å²) in [6.45, 7) is 2.06. The number of fused-ring (bicyclic) bond motifs is 1. The predicted octanol–water partition coefficient (Wildman–Crippen LogP) is 2.76. The van der Waals surface area contributed by atoms with Crippen molar-refractivity contribution in [2.24, 2.45) is 0 Å². The van der Waals surface area contributed by atoms with Gasteiger partial charge in [-0.15, -0.1) is 0 Å². The van der Waals surface area contributed by atoms with Gasteiger partial charge in [-0.05, 0) is 62.5 Å². The largest absolute Gasteiger partial charge is 0.317 e. The number of nitrogens with zero attached hydrogens (tertiary/aromatic N) is 1. The van der Waals surface area contributed by atoms with Crippen LogP contribution in [0.25, 0.3) is 0 Å². The molecule has 0 aromatic heterocycles. The van der Waals surface area contributed by atoms with Crippen LogP contribution in [0.5, 0.6) is 0 Å². The lowest BCUT2D eigenvalue weighted by Crippen LogP contribution is -2.43. The standard InChI is InChI=1S/C15H19ClN2O/c16-12-4-5-14-11(10-12)3-6-15(19)18(14)13-2-1-8-17-9-7-13/h4-5,10,13,17H,1-3,6-9H2. The molecule has 1 unspecified atom stereocenters. The van der Waals surface area contributed by atoms with Gasteiger partial charge in [0.2, 0.25) is 5.91 Å². The van der Waals surface area contributed by atoms with Gasteiger partial charge in [0, 0.05) is 23.2 Å². The van der Waals surface area contributed by atoms with Crippen LogP contribution in [0.3, 0.4) is 0 Å². The van der Waals surface area contributed by atoms with E-state index < -0.39 is 0 Å². The smallest absolute Gasteiger partial charge is 0.227 e. The quantitative estimate of drug-likeness (QED) is 0.857. The molecule has 1 amide bonds. The lowest BCUT2D eigenvalue weighted by Gasteiger charge is -2.36. The van der Waals surface area contributed by atoms with Crippen LogP contribution in [-0.2, 0) is 11.2 Å². The third kappa shape index (κ3) is 2.63. The summed E-state index contributed by atoms with van der Waals surface area (Å²) in [4.78, 5) is 14.4. The van der Waals surface area contributed by atoms with Crippen LogP contribution < -0.4 is 10.2 Å². The molecule has 102 valence electrons. The zero-order valence-electron chi connectivity index (χ0n) is 11.0. The number of carbonyl (C=O) groups is 1. The Morgan fingerprint density at radius 1 is 1.21 bits per heavy atom. The second-order valence-corrected chi connectivity index (χ2v) is 5.81. The summed E-state index contributed by atoms with van der Waals surface area (Å²) in [5.41, 5.74) is 2.29. The normalized spacial score (nSPS) is 23.9. The van der Waals surface area contributed by atoms with Crippen molar-refractivity contribution in [1.29, 1.82) is 0 Å². The Kier molecular flexibility index (Phi) is 3.76. The molecule has 1 atom stereocenters. The zero-order chi connectivity index (χ0) is 13.2. The average molecular weight is 279 g/mol. The maximum absolute atomic E-state index is 12.3. The van der Waals surface area contributed by atoms with Crippen molar-refractivity contribution in [3.8, 4) is 0 Å². The molecule has 1 N–H and O–H groups in total. The van der Waals surface area contributed by atoms with Crippen molar-refractivity contribution in [2.75, 3.05) is 18.0 Å². The molecule has 0 bridgehead atoms. The van der Waals surface area contributed by atoms with Crippen molar-refractivity contribution < 1.29 is 4.79 Å². The predicted molar refractivity (Wildman–Crippen MR) is 77.8 cm³/mol. The summed E-state index contributed by atoms with van der Waals surface area (Å²) in [5.74, 6) is 0.265. The molecule has 2 aliphatic heterocycles. The number of aryl methyl sites for hydroxylation is 1. The van der Waals surface area contributed by atoms with E-state index in [1.54, 1.807) is 0 Å². The number of hydrogen-bond acceptors (Lipinski definition) is 2. The maximum atomic E-state index is 12.3. The van der Waals surface area contributed by atoms with Crippen LogP contribution in [0.2, 0.25) is 5.02 Å². The maximum Gasteiger partial charge on any atom is 0.227 e. The van der Waals surface area contributed by atoms with E-state index in [1.165, 1.54) is 5.56 Å². The summed E-state index contributed by atoms with van der Waals surface area (Å²) in [6.07, 6.45) is 4.68. The molecule has 4 heteroatoms. The minimum atomic E-state index is 0.265. The van der Waals surface area contributed by atoms with Crippen LogP contribution in [-0.4, -0.2) is 25.0 Å². The fourth-order valence-electron chi connectivity index (χ4n) is 3.14. The molecule has 0 saturated carbocycles. The molecule has 1 fully saturated rings. The molecule has 1 aromatic rings. The molecular formula is C15H19ClN2O. The van der Waals surface area contributed by atoms with Gasteiger partial charge in [-0.2, -0.15) is 0 Å². The SMILES string of the molecule is O=C1CCc2cc(Cl)ccc2N1C1CCCNCC1. The summed E-state index contributed by atoms with van der Waals surface area (Å²) >= 11 is 6.06. The lowest BCUT2D eigenvalue weighted by atomic mass is 9.97. The van der Waals surface area contributed by atoms with E-state index in [9.17, 15) is 4.79 Å². The molecule has 1 saturated heterocycles. The number of rotatable bonds is 1.